The zero-order valence-corrected chi connectivity index (χ0v) is 10.1. The van der Waals surface area contributed by atoms with Crippen LogP contribution in [0.4, 0.5) is 0 Å². The van der Waals surface area contributed by atoms with Gasteiger partial charge in [0.2, 0.25) is 5.91 Å². The van der Waals surface area contributed by atoms with Crippen molar-refractivity contribution in [2.75, 3.05) is 7.05 Å². The summed E-state index contributed by atoms with van der Waals surface area (Å²) < 4.78 is 0. The first-order chi connectivity index (χ1) is 7.69. The molecule has 0 aliphatic heterocycles. The van der Waals surface area contributed by atoms with Crippen molar-refractivity contribution in [1.82, 2.24) is 5.32 Å². The molecule has 88 valence electrons. The molecular weight excluding hydrogens is 200 g/mol. The molecular formula is C13H20N2O. The molecule has 1 rings (SSSR count). The van der Waals surface area contributed by atoms with E-state index in [0.29, 0.717) is 11.8 Å². The number of carbonyl (C=O) groups excluding carboxylic acids is 1. The summed E-state index contributed by atoms with van der Waals surface area (Å²) in [5, 5.41) is 2.57. The standard InChI is InChI=1S/C13H20N2O/c1-10-5-4-6-12(10)11(9-14-2)7-8-13(16)15-3/h7-10,12H,2,4-6H2,1,3H3,(H,15,16)/b8-7-,11-9-. The van der Waals surface area contributed by atoms with Gasteiger partial charge in [-0.05, 0) is 30.5 Å². The highest BCUT2D eigenvalue weighted by Crippen LogP contribution is 2.36. The second-order valence-electron chi connectivity index (χ2n) is 4.27. The van der Waals surface area contributed by atoms with Gasteiger partial charge in [-0.15, -0.1) is 0 Å². The zero-order valence-electron chi connectivity index (χ0n) is 10.1. The Morgan fingerprint density at radius 3 is 2.69 bits per heavy atom. The fourth-order valence-electron chi connectivity index (χ4n) is 2.26. The lowest BCUT2D eigenvalue weighted by atomic mass is 9.90. The average Bonchev–Trinajstić information content (AvgIpc) is 2.70. The van der Waals surface area contributed by atoms with Gasteiger partial charge in [-0.1, -0.05) is 25.8 Å². The monoisotopic (exact) mass is 220 g/mol. The molecule has 0 radical (unpaired) electrons. The molecule has 0 heterocycles. The topological polar surface area (TPSA) is 41.5 Å². The van der Waals surface area contributed by atoms with Crippen molar-refractivity contribution in [3.8, 4) is 0 Å². The minimum Gasteiger partial charge on any atom is -0.356 e. The van der Waals surface area contributed by atoms with Crippen LogP contribution in [0.3, 0.4) is 0 Å². The van der Waals surface area contributed by atoms with E-state index in [-0.39, 0.29) is 5.91 Å². The first-order valence-corrected chi connectivity index (χ1v) is 5.74. The first kappa shape index (κ1) is 12.7. The van der Waals surface area contributed by atoms with Crippen LogP contribution in [-0.4, -0.2) is 19.7 Å². The van der Waals surface area contributed by atoms with Crippen molar-refractivity contribution in [1.29, 1.82) is 0 Å². The predicted molar refractivity (Wildman–Crippen MR) is 67.3 cm³/mol. The summed E-state index contributed by atoms with van der Waals surface area (Å²) in [6, 6.07) is 0. The van der Waals surface area contributed by atoms with Crippen LogP contribution in [0.5, 0.6) is 0 Å². The second-order valence-corrected chi connectivity index (χ2v) is 4.27. The molecule has 0 aromatic carbocycles. The third-order valence-corrected chi connectivity index (χ3v) is 3.20. The molecule has 3 heteroatoms. The third kappa shape index (κ3) is 3.33. The molecule has 1 fully saturated rings. The smallest absolute Gasteiger partial charge is 0.243 e. The van der Waals surface area contributed by atoms with Crippen molar-refractivity contribution in [2.24, 2.45) is 16.8 Å². The van der Waals surface area contributed by atoms with Gasteiger partial charge in [0.05, 0.1) is 0 Å². The number of aliphatic imine (C=N–C) groups is 1. The maximum atomic E-state index is 11.1. The number of hydrogen-bond donors (Lipinski definition) is 1. The lowest BCUT2D eigenvalue weighted by molar-refractivity contribution is -0.116. The molecule has 16 heavy (non-hydrogen) atoms. The lowest BCUT2D eigenvalue weighted by Crippen LogP contribution is -2.14. The van der Waals surface area contributed by atoms with Crippen molar-refractivity contribution < 1.29 is 4.79 Å². The van der Waals surface area contributed by atoms with Crippen molar-refractivity contribution in [2.45, 2.75) is 26.2 Å². The van der Waals surface area contributed by atoms with Crippen LogP contribution in [-0.2, 0) is 4.79 Å². The second kappa shape index (κ2) is 6.26. The lowest BCUT2D eigenvalue weighted by Gasteiger charge is -2.15. The van der Waals surface area contributed by atoms with Gasteiger partial charge in [-0.3, -0.25) is 9.79 Å². The Bertz CT molecular complexity index is 318. The van der Waals surface area contributed by atoms with E-state index in [1.54, 1.807) is 19.3 Å². The molecule has 0 spiro atoms. The van der Waals surface area contributed by atoms with Crippen molar-refractivity contribution >= 4 is 12.6 Å². The maximum absolute atomic E-state index is 11.1. The van der Waals surface area contributed by atoms with Crippen LogP contribution in [0.25, 0.3) is 0 Å². The van der Waals surface area contributed by atoms with E-state index >= 15 is 0 Å². The average molecular weight is 220 g/mol. The van der Waals surface area contributed by atoms with E-state index in [9.17, 15) is 4.79 Å². The van der Waals surface area contributed by atoms with Crippen LogP contribution in [0.2, 0.25) is 0 Å². The number of amides is 1. The number of nitrogens with zero attached hydrogens (tertiary/aromatic N) is 1. The number of nitrogens with one attached hydrogen (secondary N) is 1. The molecule has 0 bridgehead atoms. The maximum Gasteiger partial charge on any atom is 0.243 e. The fraction of sp³-hybridized carbons (Fsp3) is 0.538. The summed E-state index contributed by atoms with van der Waals surface area (Å²) in [6.45, 7) is 5.74. The largest absolute Gasteiger partial charge is 0.356 e. The molecule has 1 aliphatic rings. The Kier molecular flexibility index (Phi) is 4.96. The van der Waals surface area contributed by atoms with Crippen LogP contribution < -0.4 is 5.32 Å². The quantitative estimate of drug-likeness (QED) is 0.441. The summed E-state index contributed by atoms with van der Waals surface area (Å²) in [6.07, 6.45) is 8.88. The number of hydrogen-bond acceptors (Lipinski definition) is 2. The molecule has 3 nitrogen and oxygen atoms in total. The molecule has 1 N–H and O–H groups in total. The molecule has 2 atom stereocenters. The summed E-state index contributed by atoms with van der Waals surface area (Å²) in [5.74, 6) is 1.11. The summed E-state index contributed by atoms with van der Waals surface area (Å²) in [5.41, 5.74) is 1.11. The summed E-state index contributed by atoms with van der Waals surface area (Å²) in [7, 11) is 1.63. The highest BCUT2D eigenvalue weighted by atomic mass is 16.1. The van der Waals surface area contributed by atoms with Gasteiger partial charge in [0.15, 0.2) is 0 Å². The molecule has 1 aliphatic carbocycles. The van der Waals surface area contributed by atoms with Gasteiger partial charge in [0.1, 0.15) is 0 Å². The molecule has 0 saturated heterocycles. The van der Waals surface area contributed by atoms with E-state index in [0.717, 1.165) is 5.57 Å². The molecule has 1 saturated carbocycles. The zero-order chi connectivity index (χ0) is 12.0. The minimum absolute atomic E-state index is 0.0828. The summed E-state index contributed by atoms with van der Waals surface area (Å²) in [4.78, 5) is 15.0. The highest BCUT2D eigenvalue weighted by Gasteiger charge is 2.25. The Morgan fingerprint density at radius 2 is 2.19 bits per heavy atom. The van der Waals surface area contributed by atoms with Crippen LogP contribution in [0.15, 0.2) is 28.9 Å². The van der Waals surface area contributed by atoms with Gasteiger partial charge in [-0.25, -0.2) is 0 Å². The van der Waals surface area contributed by atoms with Crippen molar-refractivity contribution in [3.63, 3.8) is 0 Å². The van der Waals surface area contributed by atoms with Gasteiger partial charge < -0.3 is 5.32 Å². The van der Waals surface area contributed by atoms with E-state index < -0.39 is 0 Å². The molecule has 2 unspecified atom stereocenters. The SMILES string of the molecule is C=N/C=C(/C=C\C(=O)NC)C1CCCC1C. The summed E-state index contributed by atoms with van der Waals surface area (Å²) >= 11 is 0. The Balaban J connectivity index is 2.75. The Morgan fingerprint density at radius 1 is 1.44 bits per heavy atom. The van der Waals surface area contributed by atoms with Crippen LogP contribution in [0, 0.1) is 11.8 Å². The number of carbonyl (C=O) groups is 1. The van der Waals surface area contributed by atoms with E-state index in [2.05, 4.69) is 24.0 Å². The van der Waals surface area contributed by atoms with Gasteiger partial charge in [0.25, 0.3) is 0 Å². The van der Waals surface area contributed by atoms with Crippen molar-refractivity contribution in [3.05, 3.63) is 23.9 Å². The van der Waals surface area contributed by atoms with E-state index in [1.165, 1.54) is 19.3 Å². The number of likely N-dealkylation sites (N-methyl/N-ethyl adjacent to an activating group) is 1. The van der Waals surface area contributed by atoms with E-state index in [1.807, 2.05) is 6.08 Å². The Labute approximate surface area is 97.3 Å². The van der Waals surface area contributed by atoms with Crippen LogP contribution in [0.1, 0.15) is 26.2 Å². The first-order valence-electron chi connectivity index (χ1n) is 5.74. The van der Waals surface area contributed by atoms with E-state index in [4.69, 9.17) is 0 Å². The number of rotatable bonds is 4. The fourth-order valence-corrected chi connectivity index (χ4v) is 2.26. The third-order valence-electron chi connectivity index (χ3n) is 3.20. The van der Waals surface area contributed by atoms with Gasteiger partial charge in [0, 0.05) is 19.3 Å². The predicted octanol–water partition coefficient (Wildman–Crippen LogP) is 2.31. The van der Waals surface area contributed by atoms with Gasteiger partial charge >= 0.3 is 0 Å². The number of allylic oxidation sites excluding steroid dienone is 2. The highest BCUT2D eigenvalue weighted by molar-refractivity contribution is 5.87. The normalized spacial score (nSPS) is 26.0. The molecule has 0 aromatic heterocycles. The van der Waals surface area contributed by atoms with Crippen LogP contribution >= 0.6 is 0 Å². The Hall–Kier alpha value is -1.38. The van der Waals surface area contributed by atoms with Gasteiger partial charge in [-0.2, -0.15) is 0 Å². The molecule has 1 amide bonds. The molecule has 0 aromatic rings. The minimum atomic E-state index is -0.0828.